The maximum Gasteiger partial charge on any atom is 0.131 e. The summed E-state index contributed by atoms with van der Waals surface area (Å²) < 4.78 is 0. The summed E-state index contributed by atoms with van der Waals surface area (Å²) in [5, 5.41) is 3.43. The van der Waals surface area contributed by atoms with Crippen molar-refractivity contribution in [1.82, 2.24) is 10.3 Å². The number of aryl methyl sites for hydroxylation is 1. The molecule has 0 aromatic carbocycles. The fourth-order valence-corrected chi connectivity index (χ4v) is 2.37. The quantitative estimate of drug-likeness (QED) is 0.733. The molecule has 0 saturated carbocycles. The topological polar surface area (TPSA) is 28.2 Å². The molecule has 3 nitrogen and oxygen atoms in total. The van der Waals surface area contributed by atoms with Crippen LogP contribution in [0.15, 0.2) is 12.3 Å². The van der Waals surface area contributed by atoms with Crippen molar-refractivity contribution < 1.29 is 0 Å². The Morgan fingerprint density at radius 3 is 2.45 bits per heavy atom. The maximum atomic E-state index is 4.72. The fraction of sp³-hybridized carbons (Fsp3) is 0.706. The molecule has 1 heterocycles. The van der Waals surface area contributed by atoms with Gasteiger partial charge in [0, 0.05) is 25.3 Å². The van der Waals surface area contributed by atoms with E-state index in [9.17, 15) is 0 Å². The van der Waals surface area contributed by atoms with E-state index in [1.54, 1.807) is 0 Å². The first-order chi connectivity index (χ1) is 9.45. The van der Waals surface area contributed by atoms with Gasteiger partial charge in [0.1, 0.15) is 5.82 Å². The highest BCUT2D eigenvalue weighted by molar-refractivity contribution is 5.48. The number of nitrogens with one attached hydrogen (secondary N) is 1. The third-order valence-corrected chi connectivity index (χ3v) is 3.32. The molecule has 0 saturated heterocycles. The Balaban J connectivity index is 2.84. The summed E-state index contributed by atoms with van der Waals surface area (Å²) in [5.74, 6) is 1.78. The lowest BCUT2D eigenvalue weighted by atomic mass is 10.1. The standard InChI is InChI=1S/C17H31N3/c1-7-8-18-10-16-9-15(6)17(19-11-16)20(14(4)5)12-13(2)3/h9,11,13-14,18H,7-8,10,12H2,1-6H3. The first kappa shape index (κ1) is 17.0. The average molecular weight is 277 g/mol. The Hall–Kier alpha value is -1.09. The smallest absolute Gasteiger partial charge is 0.131 e. The minimum atomic E-state index is 0.479. The number of hydrogen-bond donors (Lipinski definition) is 1. The van der Waals surface area contributed by atoms with Gasteiger partial charge in [0.15, 0.2) is 0 Å². The largest absolute Gasteiger partial charge is 0.354 e. The van der Waals surface area contributed by atoms with Crippen LogP contribution in [0, 0.1) is 12.8 Å². The predicted octanol–water partition coefficient (Wildman–Crippen LogP) is 3.76. The summed E-state index contributed by atoms with van der Waals surface area (Å²) in [7, 11) is 0. The van der Waals surface area contributed by atoms with Crippen molar-refractivity contribution >= 4 is 5.82 Å². The highest BCUT2D eigenvalue weighted by Crippen LogP contribution is 2.21. The van der Waals surface area contributed by atoms with E-state index in [-0.39, 0.29) is 0 Å². The highest BCUT2D eigenvalue weighted by atomic mass is 15.2. The van der Waals surface area contributed by atoms with Gasteiger partial charge >= 0.3 is 0 Å². The fourth-order valence-electron chi connectivity index (χ4n) is 2.37. The van der Waals surface area contributed by atoms with Crippen molar-refractivity contribution in [2.75, 3.05) is 18.0 Å². The number of anilines is 1. The second-order valence-electron chi connectivity index (χ2n) is 6.30. The number of hydrogen-bond acceptors (Lipinski definition) is 3. The van der Waals surface area contributed by atoms with E-state index in [0.717, 1.165) is 25.5 Å². The first-order valence-corrected chi connectivity index (χ1v) is 7.88. The zero-order valence-electron chi connectivity index (χ0n) is 14.0. The summed E-state index contributed by atoms with van der Waals surface area (Å²) in [6.07, 6.45) is 3.18. The van der Waals surface area contributed by atoms with Gasteiger partial charge in [-0.3, -0.25) is 0 Å². The van der Waals surface area contributed by atoms with Crippen LogP contribution < -0.4 is 10.2 Å². The summed E-state index contributed by atoms with van der Waals surface area (Å²) in [6.45, 7) is 16.4. The molecule has 0 bridgehead atoms. The Kier molecular flexibility index (Phi) is 7.00. The van der Waals surface area contributed by atoms with Crippen molar-refractivity contribution in [2.45, 2.75) is 60.5 Å². The molecule has 1 N–H and O–H groups in total. The van der Waals surface area contributed by atoms with Gasteiger partial charge < -0.3 is 10.2 Å². The molecule has 20 heavy (non-hydrogen) atoms. The van der Waals surface area contributed by atoms with Gasteiger partial charge in [0.05, 0.1) is 0 Å². The third-order valence-electron chi connectivity index (χ3n) is 3.32. The molecule has 0 radical (unpaired) electrons. The van der Waals surface area contributed by atoms with Gasteiger partial charge in [-0.2, -0.15) is 0 Å². The van der Waals surface area contributed by atoms with E-state index in [0.29, 0.717) is 12.0 Å². The van der Waals surface area contributed by atoms with Gasteiger partial charge in [-0.05, 0) is 56.8 Å². The lowest BCUT2D eigenvalue weighted by Crippen LogP contribution is -2.35. The number of pyridine rings is 1. The van der Waals surface area contributed by atoms with E-state index >= 15 is 0 Å². The molecule has 0 atom stereocenters. The lowest BCUT2D eigenvalue weighted by molar-refractivity contribution is 0.564. The molecule has 0 unspecified atom stereocenters. The molecule has 1 aromatic heterocycles. The summed E-state index contributed by atoms with van der Waals surface area (Å²) in [6, 6.07) is 2.74. The molecule has 1 rings (SSSR count). The highest BCUT2D eigenvalue weighted by Gasteiger charge is 2.15. The summed E-state index contributed by atoms with van der Waals surface area (Å²) >= 11 is 0. The Morgan fingerprint density at radius 2 is 1.95 bits per heavy atom. The van der Waals surface area contributed by atoms with Crippen molar-refractivity contribution in [1.29, 1.82) is 0 Å². The van der Waals surface area contributed by atoms with Crippen molar-refractivity contribution in [3.63, 3.8) is 0 Å². The molecule has 0 aliphatic carbocycles. The first-order valence-electron chi connectivity index (χ1n) is 7.88. The van der Waals surface area contributed by atoms with E-state index in [1.165, 1.54) is 17.5 Å². The zero-order valence-corrected chi connectivity index (χ0v) is 14.0. The second kappa shape index (κ2) is 8.25. The third kappa shape index (κ3) is 5.12. The minimum Gasteiger partial charge on any atom is -0.354 e. The molecule has 0 aliphatic rings. The predicted molar refractivity (Wildman–Crippen MR) is 88.3 cm³/mol. The Bertz CT molecular complexity index is 399. The van der Waals surface area contributed by atoms with Crippen LogP contribution in [-0.2, 0) is 6.54 Å². The molecular formula is C17H31N3. The summed E-state index contributed by atoms with van der Waals surface area (Å²) in [5.41, 5.74) is 2.54. The van der Waals surface area contributed by atoms with Crippen LogP contribution in [0.3, 0.4) is 0 Å². The molecule has 1 aromatic rings. The molecule has 0 spiro atoms. The lowest BCUT2D eigenvalue weighted by Gasteiger charge is -2.31. The van der Waals surface area contributed by atoms with E-state index in [1.807, 2.05) is 6.20 Å². The van der Waals surface area contributed by atoms with Crippen LogP contribution in [0.25, 0.3) is 0 Å². The van der Waals surface area contributed by atoms with Crippen LogP contribution in [0.1, 0.15) is 52.2 Å². The normalized spacial score (nSPS) is 11.4. The van der Waals surface area contributed by atoms with Crippen LogP contribution in [0.5, 0.6) is 0 Å². The molecule has 3 heteroatoms. The van der Waals surface area contributed by atoms with E-state index < -0.39 is 0 Å². The molecule has 114 valence electrons. The number of rotatable bonds is 8. The summed E-state index contributed by atoms with van der Waals surface area (Å²) in [4.78, 5) is 7.12. The van der Waals surface area contributed by atoms with Crippen LogP contribution in [-0.4, -0.2) is 24.1 Å². The SMILES string of the molecule is CCCNCc1cnc(N(CC(C)C)C(C)C)c(C)c1. The maximum absolute atomic E-state index is 4.72. The second-order valence-corrected chi connectivity index (χ2v) is 6.30. The number of aromatic nitrogens is 1. The minimum absolute atomic E-state index is 0.479. The van der Waals surface area contributed by atoms with Gasteiger partial charge in [0.25, 0.3) is 0 Å². The molecule has 0 aliphatic heterocycles. The molecular weight excluding hydrogens is 246 g/mol. The zero-order chi connectivity index (χ0) is 15.1. The molecule has 0 amide bonds. The van der Waals surface area contributed by atoms with Crippen LogP contribution in [0.2, 0.25) is 0 Å². The Labute approximate surface area is 124 Å². The van der Waals surface area contributed by atoms with Gasteiger partial charge in [-0.1, -0.05) is 20.8 Å². The van der Waals surface area contributed by atoms with Crippen LogP contribution in [0.4, 0.5) is 5.82 Å². The van der Waals surface area contributed by atoms with Gasteiger partial charge in [0.2, 0.25) is 0 Å². The molecule has 0 fully saturated rings. The van der Waals surface area contributed by atoms with E-state index in [4.69, 9.17) is 4.98 Å². The average Bonchev–Trinajstić information content (AvgIpc) is 2.36. The van der Waals surface area contributed by atoms with Crippen LogP contribution >= 0.6 is 0 Å². The Morgan fingerprint density at radius 1 is 1.25 bits per heavy atom. The van der Waals surface area contributed by atoms with Crippen molar-refractivity contribution in [3.05, 3.63) is 23.4 Å². The number of nitrogens with zero attached hydrogens (tertiary/aromatic N) is 2. The van der Waals surface area contributed by atoms with Crippen molar-refractivity contribution in [2.24, 2.45) is 5.92 Å². The monoisotopic (exact) mass is 277 g/mol. The van der Waals surface area contributed by atoms with Crippen molar-refractivity contribution in [3.8, 4) is 0 Å². The van der Waals surface area contributed by atoms with Gasteiger partial charge in [-0.15, -0.1) is 0 Å². The van der Waals surface area contributed by atoms with E-state index in [2.05, 4.69) is 57.8 Å². The van der Waals surface area contributed by atoms with Gasteiger partial charge in [-0.25, -0.2) is 4.98 Å².